The summed E-state index contributed by atoms with van der Waals surface area (Å²) in [5.41, 5.74) is 4.91. The molecule has 0 saturated heterocycles. The summed E-state index contributed by atoms with van der Waals surface area (Å²) in [4.78, 5) is 10.5. The van der Waals surface area contributed by atoms with Crippen LogP contribution in [0.1, 0.15) is 12.8 Å². The summed E-state index contributed by atoms with van der Waals surface area (Å²) in [6.45, 7) is 0. The molecule has 2 unspecified atom stereocenters. The molecule has 1 fully saturated rings. The van der Waals surface area contributed by atoms with Gasteiger partial charge in [-0.1, -0.05) is 0 Å². The van der Waals surface area contributed by atoms with Gasteiger partial charge in [-0.15, -0.1) is 0 Å². The summed E-state index contributed by atoms with van der Waals surface area (Å²) in [5.74, 6) is -3.37. The van der Waals surface area contributed by atoms with Gasteiger partial charge in [0.15, 0.2) is 5.79 Å². The zero-order valence-corrected chi connectivity index (χ0v) is 5.90. The fraction of sp³-hybridized carbons (Fsp3) is 0.833. The van der Waals surface area contributed by atoms with Gasteiger partial charge in [-0.25, -0.2) is 0 Å². The fourth-order valence-electron chi connectivity index (χ4n) is 1.26. The number of aliphatic hydroxyl groups excluding tert-OH is 1. The summed E-state index contributed by atoms with van der Waals surface area (Å²) in [7, 11) is 0. The Morgan fingerprint density at radius 1 is 1.55 bits per heavy atom. The van der Waals surface area contributed by atoms with Gasteiger partial charge in [0.05, 0.1) is 0 Å². The van der Waals surface area contributed by atoms with Gasteiger partial charge in [0.25, 0.3) is 0 Å². The molecule has 0 spiro atoms. The van der Waals surface area contributed by atoms with E-state index in [0.29, 0.717) is 0 Å². The van der Waals surface area contributed by atoms with E-state index in [0.717, 1.165) is 0 Å². The highest BCUT2D eigenvalue weighted by Crippen LogP contribution is 2.32. The Labute approximate surface area is 63.4 Å². The van der Waals surface area contributed by atoms with Gasteiger partial charge in [-0.3, -0.25) is 4.79 Å². The minimum absolute atomic E-state index is 0.0301. The van der Waals surface area contributed by atoms with Crippen molar-refractivity contribution >= 4 is 5.91 Å². The SMILES string of the molecule is NC(=O)C1CC(O)C(O)(O)C1. The first-order valence-electron chi connectivity index (χ1n) is 3.35. The minimum atomic E-state index is -2.14. The van der Waals surface area contributed by atoms with Crippen LogP contribution in [0.15, 0.2) is 0 Å². The normalized spacial score (nSPS) is 35.5. The quantitative estimate of drug-likeness (QED) is 0.331. The van der Waals surface area contributed by atoms with Crippen LogP contribution in [0.3, 0.4) is 0 Å². The van der Waals surface area contributed by atoms with Crippen LogP contribution in [0.25, 0.3) is 0 Å². The van der Waals surface area contributed by atoms with E-state index in [-0.39, 0.29) is 12.8 Å². The van der Waals surface area contributed by atoms with Crippen molar-refractivity contribution in [3.63, 3.8) is 0 Å². The van der Waals surface area contributed by atoms with Crippen LogP contribution in [0, 0.1) is 5.92 Å². The number of rotatable bonds is 1. The molecule has 0 bridgehead atoms. The van der Waals surface area contributed by atoms with E-state index in [4.69, 9.17) is 21.1 Å². The van der Waals surface area contributed by atoms with Crippen molar-refractivity contribution in [2.45, 2.75) is 24.7 Å². The van der Waals surface area contributed by atoms with Gasteiger partial charge in [0.1, 0.15) is 6.10 Å². The Morgan fingerprint density at radius 3 is 2.27 bits per heavy atom. The lowest BCUT2D eigenvalue weighted by atomic mass is 10.1. The Morgan fingerprint density at radius 2 is 2.09 bits per heavy atom. The average Bonchev–Trinajstić information content (AvgIpc) is 2.08. The highest BCUT2D eigenvalue weighted by molar-refractivity contribution is 5.77. The molecule has 0 aliphatic heterocycles. The lowest BCUT2D eigenvalue weighted by Gasteiger charge is -2.18. The second-order valence-electron chi connectivity index (χ2n) is 2.93. The zero-order chi connectivity index (χ0) is 8.65. The molecular weight excluding hydrogens is 150 g/mol. The molecule has 1 aliphatic carbocycles. The van der Waals surface area contributed by atoms with Crippen molar-refractivity contribution in [3.8, 4) is 0 Å². The molecule has 5 N–H and O–H groups in total. The number of carbonyl (C=O) groups is 1. The van der Waals surface area contributed by atoms with E-state index in [1.165, 1.54) is 0 Å². The monoisotopic (exact) mass is 161 g/mol. The second kappa shape index (κ2) is 2.44. The first-order valence-corrected chi connectivity index (χ1v) is 3.35. The van der Waals surface area contributed by atoms with Crippen LogP contribution >= 0.6 is 0 Å². The standard InChI is InChI=1S/C6H11NO4/c7-5(9)3-1-4(8)6(10,11)2-3/h3-4,8,10-11H,1-2H2,(H2,7,9). The molecule has 1 saturated carbocycles. The molecule has 5 heteroatoms. The van der Waals surface area contributed by atoms with Crippen LogP contribution < -0.4 is 5.73 Å². The summed E-state index contributed by atoms with van der Waals surface area (Å²) in [6.07, 6.45) is -1.41. The summed E-state index contributed by atoms with van der Waals surface area (Å²) < 4.78 is 0. The molecule has 2 atom stereocenters. The molecule has 0 aromatic heterocycles. The van der Waals surface area contributed by atoms with Crippen LogP contribution in [0.5, 0.6) is 0 Å². The number of hydrogen-bond donors (Lipinski definition) is 4. The fourth-order valence-corrected chi connectivity index (χ4v) is 1.26. The highest BCUT2D eigenvalue weighted by atomic mass is 16.5. The molecule has 0 radical (unpaired) electrons. The molecule has 1 aliphatic rings. The predicted octanol–water partition coefficient (Wildman–Crippen LogP) is -2.08. The third kappa shape index (κ3) is 1.50. The zero-order valence-electron chi connectivity index (χ0n) is 5.90. The van der Waals surface area contributed by atoms with Crippen molar-refractivity contribution in [1.29, 1.82) is 0 Å². The van der Waals surface area contributed by atoms with Crippen molar-refractivity contribution in [2.75, 3.05) is 0 Å². The number of nitrogens with two attached hydrogens (primary N) is 1. The lowest BCUT2D eigenvalue weighted by Crippen LogP contribution is -2.36. The van der Waals surface area contributed by atoms with E-state index in [9.17, 15) is 4.79 Å². The molecular formula is C6H11NO4. The maximum Gasteiger partial charge on any atom is 0.220 e. The van der Waals surface area contributed by atoms with E-state index < -0.39 is 23.7 Å². The number of hydrogen-bond acceptors (Lipinski definition) is 4. The topological polar surface area (TPSA) is 104 Å². The first-order chi connectivity index (χ1) is 4.93. The number of amides is 1. The molecule has 0 heterocycles. The Hall–Kier alpha value is -0.650. The number of aliphatic hydroxyl groups is 3. The summed E-state index contributed by atoms with van der Waals surface area (Å²) in [5, 5.41) is 26.9. The summed E-state index contributed by atoms with van der Waals surface area (Å²) >= 11 is 0. The molecule has 5 nitrogen and oxygen atoms in total. The molecule has 64 valence electrons. The molecule has 0 aromatic rings. The summed E-state index contributed by atoms with van der Waals surface area (Å²) in [6, 6.07) is 0. The van der Waals surface area contributed by atoms with E-state index in [1.54, 1.807) is 0 Å². The molecule has 1 amide bonds. The maximum absolute atomic E-state index is 10.5. The Bertz CT molecular complexity index is 179. The van der Waals surface area contributed by atoms with Gasteiger partial charge in [-0.05, 0) is 6.42 Å². The van der Waals surface area contributed by atoms with Crippen molar-refractivity contribution in [2.24, 2.45) is 11.7 Å². The second-order valence-corrected chi connectivity index (χ2v) is 2.93. The third-order valence-electron chi connectivity index (χ3n) is 1.99. The third-order valence-corrected chi connectivity index (χ3v) is 1.99. The van der Waals surface area contributed by atoms with Gasteiger partial charge in [0, 0.05) is 12.3 Å². The molecule has 11 heavy (non-hydrogen) atoms. The van der Waals surface area contributed by atoms with Crippen LogP contribution in [0.2, 0.25) is 0 Å². The van der Waals surface area contributed by atoms with Crippen molar-refractivity contribution in [3.05, 3.63) is 0 Å². The number of carbonyl (C=O) groups excluding carboxylic acids is 1. The molecule has 0 aromatic carbocycles. The predicted molar refractivity (Wildman–Crippen MR) is 35.1 cm³/mol. The Kier molecular flexibility index (Phi) is 1.87. The Balaban J connectivity index is 2.64. The van der Waals surface area contributed by atoms with Crippen LogP contribution in [0.4, 0.5) is 0 Å². The van der Waals surface area contributed by atoms with Gasteiger partial charge < -0.3 is 21.1 Å². The van der Waals surface area contributed by atoms with Crippen LogP contribution in [-0.2, 0) is 4.79 Å². The largest absolute Gasteiger partial charge is 0.387 e. The van der Waals surface area contributed by atoms with E-state index >= 15 is 0 Å². The molecule has 1 rings (SSSR count). The van der Waals surface area contributed by atoms with Crippen LogP contribution in [-0.4, -0.2) is 33.1 Å². The van der Waals surface area contributed by atoms with Gasteiger partial charge >= 0.3 is 0 Å². The smallest absolute Gasteiger partial charge is 0.220 e. The lowest BCUT2D eigenvalue weighted by molar-refractivity contribution is -0.209. The van der Waals surface area contributed by atoms with Crippen molar-refractivity contribution in [1.82, 2.24) is 0 Å². The van der Waals surface area contributed by atoms with Crippen molar-refractivity contribution < 1.29 is 20.1 Å². The maximum atomic E-state index is 10.5. The van der Waals surface area contributed by atoms with E-state index in [1.807, 2.05) is 0 Å². The van der Waals surface area contributed by atoms with Gasteiger partial charge in [0.2, 0.25) is 5.91 Å². The highest BCUT2D eigenvalue weighted by Gasteiger charge is 2.45. The van der Waals surface area contributed by atoms with E-state index in [2.05, 4.69) is 0 Å². The van der Waals surface area contributed by atoms with Gasteiger partial charge in [-0.2, -0.15) is 0 Å². The average molecular weight is 161 g/mol. The number of primary amides is 1. The minimum Gasteiger partial charge on any atom is -0.387 e. The first kappa shape index (κ1) is 8.45.